The van der Waals surface area contributed by atoms with Crippen molar-refractivity contribution in [2.45, 2.75) is 96.4 Å². The van der Waals surface area contributed by atoms with Crippen LogP contribution in [0.3, 0.4) is 0 Å². The molecule has 1 aromatic heterocycles. The van der Waals surface area contributed by atoms with Crippen LogP contribution in [0, 0.1) is 0 Å². The highest BCUT2D eigenvalue weighted by Crippen LogP contribution is 2.47. The van der Waals surface area contributed by atoms with E-state index in [1.54, 1.807) is 6.07 Å². The van der Waals surface area contributed by atoms with Gasteiger partial charge in [0, 0.05) is 24.2 Å². The molecule has 1 aliphatic rings. The van der Waals surface area contributed by atoms with Crippen molar-refractivity contribution in [2.75, 3.05) is 18.1 Å². The van der Waals surface area contributed by atoms with E-state index in [1.807, 2.05) is 6.07 Å². The molecule has 39 heavy (non-hydrogen) atoms. The van der Waals surface area contributed by atoms with Crippen LogP contribution in [0.15, 0.2) is 39.4 Å². The van der Waals surface area contributed by atoms with Gasteiger partial charge in [-0.05, 0) is 63.1 Å². The van der Waals surface area contributed by atoms with Crippen molar-refractivity contribution >= 4 is 48.2 Å². The van der Waals surface area contributed by atoms with Crippen molar-refractivity contribution in [1.29, 1.82) is 0 Å². The van der Waals surface area contributed by atoms with E-state index in [1.165, 1.54) is 16.9 Å². The van der Waals surface area contributed by atoms with Crippen LogP contribution >= 0.6 is 11.3 Å². The van der Waals surface area contributed by atoms with Gasteiger partial charge in [-0.2, -0.15) is 8.42 Å². The number of hydrogen-bond donors (Lipinski definition) is 1. The van der Waals surface area contributed by atoms with Crippen molar-refractivity contribution in [3.8, 4) is 5.75 Å². The lowest BCUT2D eigenvalue weighted by Crippen LogP contribution is -2.39. The highest BCUT2D eigenvalue weighted by atomic mass is 32.2. The zero-order chi connectivity index (χ0) is 28.0. The van der Waals surface area contributed by atoms with Gasteiger partial charge in [-0.25, -0.2) is 4.98 Å². The molecule has 1 unspecified atom stereocenters. The minimum absolute atomic E-state index is 0.0793. The second-order valence-electron chi connectivity index (χ2n) is 10.3. The second kappa shape index (κ2) is 13.2. The third-order valence-electron chi connectivity index (χ3n) is 7.19. The highest BCUT2D eigenvalue weighted by molar-refractivity contribution is 7.86. The maximum atomic E-state index is 12.8. The van der Waals surface area contributed by atoms with Gasteiger partial charge < -0.3 is 9.64 Å². The number of azo groups is 1. The van der Waals surface area contributed by atoms with E-state index < -0.39 is 10.1 Å². The molecule has 0 radical (unpaired) electrons. The van der Waals surface area contributed by atoms with Gasteiger partial charge >= 0.3 is 0 Å². The van der Waals surface area contributed by atoms with Crippen molar-refractivity contribution in [2.24, 2.45) is 10.2 Å². The van der Waals surface area contributed by atoms with Gasteiger partial charge in [0.05, 0.1) is 22.5 Å². The van der Waals surface area contributed by atoms with E-state index in [9.17, 15) is 13.0 Å². The predicted molar refractivity (Wildman–Crippen MR) is 159 cm³/mol. The van der Waals surface area contributed by atoms with E-state index in [0.717, 1.165) is 73.8 Å². The maximum absolute atomic E-state index is 12.8. The normalized spacial score (nSPS) is 15.8. The standard InChI is InChI=1S/C29H40N4O4S2/c1-5-8-11-21-13-15-23-26(18-21)38-29(30-23)32-31-24-19-25(37-17-10-7-3)27-22(28(24)39(34,35)36)14-12-20(4)33(27)16-9-6-2/h13,15,18-20H,5-12,14,16-17H2,1-4H3,(H,34,35,36). The van der Waals surface area contributed by atoms with Gasteiger partial charge in [-0.3, -0.25) is 4.55 Å². The molecule has 10 heteroatoms. The first-order valence-electron chi connectivity index (χ1n) is 14.1. The summed E-state index contributed by atoms with van der Waals surface area (Å²) in [5.41, 5.74) is 3.48. The summed E-state index contributed by atoms with van der Waals surface area (Å²) in [4.78, 5) is 6.62. The molecule has 3 aromatic rings. The summed E-state index contributed by atoms with van der Waals surface area (Å²) in [6.07, 6.45) is 8.40. The Kier molecular flexibility index (Phi) is 9.96. The number of unbranched alkanes of at least 4 members (excludes halogenated alkanes) is 3. The van der Waals surface area contributed by atoms with Crippen LogP contribution in [-0.4, -0.2) is 37.1 Å². The molecule has 212 valence electrons. The van der Waals surface area contributed by atoms with Crippen LogP contribution in [0.1, 0.15) is 83.8 Å². The minimum atomic E-state index is -4.57. The molecule has 0 bridgehead atoms. The molecule has 0 saturated carbocycles. The first-order chi connectivity index (χ1) is 18.8. The molecule has 1 aliphatic heterocycles. The number of hydrogen-bond acceptors (Lipinski definition) is 8. The summed E-state index contributed by atoms with van der Waals surface area (Å²) >= 11 is 1.41. The van der Waals surface area contributed by atoms with Gasteiger partial charge in [0.25, 0.3) is 10.1 Å². The van der Waals surface area contributed by atoms with Gasteiger partial charge in [0.1, 0.15) is 16.3 Å². The summed E-state index contributed by atoms with van der Waals surface area (Å²) in [7, 11) is -4.57. The van der Waals surface area contributed by atoms with Crippen molar-refractivity contribution in [3.05, 3.63) is 35.4 Å². The number of anilines is 1. The topological polar surface area (TPSA) is 104 Å². The molecule has 0 amide bonds. The van der Waals surface area contributed by atoms with Crippen LogP contribution < -0.4 is 9.64 Å². The number of fused-ring (bicyclic) bond motifs is 2. The molecule has 2 aromatic carbocycles. The number of aryl methyl sites for hydroxylation is 1. The molecule has 0 aliphatic carbocycles. The Morgan fingerprint density at radius 1 is 1.10 bits per heavy atom. The monoisotopic (exact) mass is 572 g/mol. The van der Waals surface area contributed by atoms with Crippen LogP contribution in [-0.2, 0) is 23.0 Å². The Balaban J connectivity index is 1.79. The third kappa shape index (κ3) is 6.96. The van der Waals surface area contributed by atoms with Crippen molar-refractivity contribution in [3.63, 3.8) is 0 Å². The molecule has 0 saturated heterocycles. The fourth-order valence-electron chi connectivity index (χ4n) is 5.04. The fourth-order valence-corrected chi connectivity index (χ4v) is 6.76. The van der Waals surface area contributed by atoms with Crippen molar-refractivity contribution < 1.29 is 17.7 Å². The average Bonchev–Trinajstić information content (AvgIpc) is 3.31. The third-order valence-corrected chi connectivity index (χ3v) is 9.07. The quantitative estimate of drug-likeness (QED) is 0.125. The zero-order valence-electron chi connectivity index (χ0n) is 23.4. The summed E-state index contributed by atoms with van der Waals surface area (Å²) in [6, 6.07) is 8.06. The van der Waals surface area contributed by atoms with Gasteiger partial charge in [0.2, 0.25) is 5.13 Å². The Bertz CT molecular complexity index is 1420. The summed E-state index contributed by atoms with van der Waals surface area (Å²) in [5.74, 6) is 0.590. The lowest BCUT2D eigenvalue weighted by Gasteiger charge is -2.39. The highest BCUT2D eigenvalue weighted by Gasteiger charge is 2.34. The van der Waals surface area contributed by atoms with Crippen LogP contribution in [0.5, 0.6) is 5.75 Å². The van der Waals surface area contributed by atoms with Crippen LogP contribution in [0.2, 0.25) is 0 Å². The Morgan fingerprint density at radius 3 is 2.59 bits per heavy atom. The molecule has 0 spiro atoms. The van der Waals surface area contributed by atoms with Gasteiger partial charge in [-0.15, -0.1) is 10.2 Å². The van der Waals surface area contributed by atoms with Crippen LogP contribution in [0.4, 0.5) is 16.5 Å². The smallest absolute Gasteiger partial charge is 0.297 e. The SMILES string of the molecule is CCCCOc1cc(N=Nc2nc3ccc(CCCC)cc3s2)c(S(=O)(=O)O)c2c1N(CCCC)C(C)CC2. The number of thiazole rings is 1. The predicted octanol–water partition coefficient (Wildman–Crippen LogP) is 8.42. The fraction of sp³-hybridized carbons (Fsp3) is 0.552. The molecule has 0 fully saturated rings. The lowest BCUT2D eigenvalue weighted by atomic mass is 9.94. The average molecular weight is 573 g/mol. The van der Waals surface area contributed by atoms with Crippen LogP contribution in [0.25, 0.3) is 10.2 Å². The van der Waals surface area contributed by atoms with E-state index in [-0.39, 0.29) is 16.6 Å². The molecular weight excluding hydrogens is 532 g/mol. The van der Waals surface area contributed by atoms with Gasteiger partial charge in [0.15, 0.2) is 0 Å². The molecule has 4 rings (SSSR count). The molecule has 1 N–H and O–H groups in total. The van der Waals surface area contributed by atoms with Crippen molar-refractivity contribution in [1.82, 2.24) is 4.98 Å². The summed E-state index contributed by atoms with van der Waals surface area (Å²) < 4.78 is 43.1. The minimum Gasteiger partial charge on any atom is -0.491 e. The zero-order valence-corrected chi connectivity index (χ0v) is 25.1. The molecule has 2 heterocycles. The van der Waals surface area contributed by atoms with E-state index in [0.29, 0.717) is 29.5 Å². The largest absolute Gasteiger partial charge is 0.491 e. The first-order valence-corrected chi connectivity index (χ1v) is 16.4. The maximum Gasteiger partial charge on any atom is 0.297 e. The number of rotatable bonds is 13. The van der Waals surface area contributed by atoms with E-state index in [2.05, 4.69) is 59.9 Å². The number of benzene rings is 2. The number of nitrogens with zero attached hydrogens (tertiary/aromatic N) is 4. The lowest BCUT2D eigenvalue weighted by molar-refractivity contribution is 0.307. The first kappa shape index (κ1) is 29.4. The Labute approximate surface area is 236 Å². The molecule has 1 atom stereocenters. The summed E-state index contributed by atoms with van der Waals surface area (Å²) in [5, 5.41) is 9.12. The Hall–Kier alpha value is -2.56. The number of ether oxygens (including phenoxy) is 1. The molecule has 8 nitrogen and oxygen atoms in total. The van der Waals surface area contributed by atoms with E-state index >= 15 is 0 Å². The second-order valence-corrected chi connectivity index (χ2v) is 12.6. The summed E-state index contributed by atoms with van der Waals surface area (Å²) in [6.45, 7) is 9.85. The number of aromatic nitrogens is 1. The van der Waals surface area contributed by atoms with E-state index in [4.69, 9.17) is 4.74 Å². The Morgan fingerprint density at radius 2 is 1.87 bits per heavy atom. The molecular formula is C29H40N4O4S2. The van der Waals surface area contributed by atoms with Gasteiger partial charge in [-0.1, -0.05) is 57.4 Å².